The number of aromatic nitrogens is 2. The van der Waals surface area contributed by atoms with Crippen molar-refractivity contribution in [2.45, 2.75) is 12.8 Å². The van der Waals surface area contributed by atoms with Crippen molar-refractivity contribution >= 4 is 40.4 Å². The van der Waals surface area contributed by atoms with Crippen molar-refractivity contribution in [2.75, 3.05) is 30.5 Å². The molecule has 1 fully saturated rings. The molecule has 0 radical (unpaired) electrons. The molecule has 1 aromatic heterocycles. The van der Waals surface area contributed by atoms with Crippen LogP contribution in [0.4, 0.5) is 20.2 Å². The second kappa shape index (κ2) is 9.85. The Balaban J connectivity index is 1.15. The highest BCUT2D eigenvalue weighted by Gasteiger charge is 2.30. The molecule has 2 aromatic carbocycles. The lowest BCUT2D eigenvalue weighted by Crippen LogP contribution is -2.41. The number of fused-ring (bicyclic) bond motifs is 1. The number of likely N-dealkylation sites (tertiary alicyclic amines) is 1. The number of halogens is 2. The van der Waals surface area contributed by atoms with Gasteiger partial charge in [-0.05, 0) is 37.1 Å². The molecule has 36 heavy (non-hydrogen) atoms. The maximum Gasteiger partial charge on any atom is 0.286 e. The van der Waals surface area contributed by atoms with Gasteiger partial charge in [-0.3, -0.25) is 14.4 Å². The average Bonchev–Trinajstić information content (AvgIpc) is 3.53. The van der Waals surface area contributed by atoms with E-state index < -0.39 is 23.5 Å². The fourth-order valence-electron chi connectivity index (χ4n) is 3.91. The minimum Gasteiger partial charge on any atom is -0.454 e. The quantitative estimate of drug-likeness (QED) is 0.535. The summed E-state index contributed by atoms with van der Waals surface area (Å²) in [6.45, 7) is 0.684. The molecule has 0 bridgehead atoms. The van der Waals surface area contributed by atoms with Gasteiger partial charge in [0.15, 0.2) is 11.5 Å². The van der Waals surface area contributed by atoms with Crippen molar-refractivity contribution in [3.63, 3.8) is 0 Å². The summed E-state index contributed by atoms with van der Waals surface area (Å²) in [6, 6.07) is 7.75. The molecule has 3 heterocycles. The highest BCUT2D eigenvalue weighted by atomic mass is 32.1. The monoisotopic (exact) mass is 515 g/mol. The third kappa shape index (κ3) is 5.10. The Labute approximate surface area is 207 Å². The molecule has 5 rings (SSSR count). The van der Waals surface area contributed by atoms with Gasteiger partial charge in [0.25, 0.3) is 11.8 Å². The van der Waals surface area contributed by atoms with Crippen molar-refractivity contribution in [1.82, 2.24) is 15.1 Å². The predicted octanol–water partition coefficient (Wildman–Crippen LogP) is 3.29. The van der Waals surface area contributed by atoms with Crippen molar-refractivity contribution < 1.29 is 32.6 Å². The standard InChI is InChI=1S/C23H19F2N5O5S/c24-13-7-14(25)9-16(8-13)27-19(31)12-3-5-30(6-4-12)23(33)22-29-28-21(36-22)20(32)26-15-1-2-17-18(10-15)35-11-34-17/h1-2,7-10,12H,3-6,11H2,(H,26,32)(H,27,31). The number of piperidine rings is 1. The van der Waals surface area contributed by atoms with E-state index in [-0.39, 0.29) is 47.4 Å². The largest absolute Gasteiger partial charge is 0.454 e. The molecule has 10 nitrogen and oxygen atoms in total. The number of hydrogen-bond donors (Lipinski definition) is 2. The molecule has 0 spiro atoms. The molecule has 2 aliphatic rings. The summed E-state index contributed by atoms with van der Waals surface area (Å²) >= 11 is 0.867. The van der Waals surface area contributed by atoms with Gasteiger partial charge in [0.05, 0.1) is 0 Å². The van der Waals surface area contributed by atoms with Crippen LogP contribution in [0.25, 0.3) is 0 Å². The lowest BCUT2D eigenvalue weighted by molar-refractivity contribution is -0.121. The second-order valence-corrected chi connectivity index (χ2v) is 9.13. The fourth-order valence-corrected chi connectivity index (χ4v) is 4.62. The predicted molar refractivity (Wildman–Crippen MR) is 124 cm³/mol. The number of anilines is 2. The lowest BCUT2D eigenvalue weighted by Gasteiger charge is -2.30. The van der Waals surface area contributed by atoms with E-state index in [9.17, 15) is 23.2 Å². The fraction of sp³-hybridized carbons (Fsp3) is 0.261. The molecule has 3 aromatic rings. The van der Waals surface area contributed by atoms with Crippen LogP contribution in [-0.4, -0.2) is 52.7 Å². The Morgan fingerprint density at radius 2 is 1.58 bits per heavy atom. The third-order valence-electron chi connectivity index (χ3n) is 5.72. The number of hydrogen-bond acceptors (Lipinski definition) is 8. The van der Waals surface area contributed by atoms with Gasteiger partial charge in [0.1, 0.15) is 11.6 Å². The maximum absolute atomic E-state index is 13.4. The van der Waals surface area contributed by atoms with Crippen LogP contribution in [0.15, 0.2) is 36.4 Å². The molecule has 0 atom stereocenters. The molecule has 0 saturated carbocycles. The molecule has 0 aliphatic carbocycles. The number of carbonyl (C=O) groups excluding carboxylic acids is 3. The molecule has 186 valence electrons. The lowest BCUT2D eigenvalue weighted by atomic mass is 9.95. The van der Waals surface area contributed by atoms with Gasteiger partial charge >= 0.3 is 0 Å². The van der Waals surface area contributed by atoms with Crippen LogP contribution in [0.5, 0.6) is 11.5 Å². The molecular formula is C23H19F2N5O5S. The molecule has 2 N–H and O–H groups in total. The van der Waals surface area contributed by atoms with Gasteiger partial charge in [-0.25, -0.2) is 8.78 Å². The summed E-state index contributed by atoms with van der Waals surface area (Å²) < 4.78 is 37.2. The minimum atomic E-state index is -0.785. The van der Waals surface area contributed by atoms with E-state index in [4.69, 9.17) is 9.47 Å². The SMILES string of the molecule is O=C(Nc1ccc2c(c1)OCO2)c1nnc(C(=O)N2CCC(C(=O)Nc3cc(F)cc(F)c3)CC2)s1. The van der Waals surface area contributed by atoms with Crippen LogP contribution < -0.4 is 20.1 Å². The van der Waals surface area contributed by atoms with E-state index >= 15 is 0 Å². The summed E-state index contributed by atoms with van der Waals surface area (Å²) in [6.07, 6.45) is 0.733. The number of carbonyl (C=O) groups is 3. The van der Waals surface area contributed by atoms with E-state index in [0.29, 0.717) is 30.0 Å². The van der Waals surface area contributed by atoms with Gasteiger partial charge < -0.3 is 25.0 Å². The number of amides is 3. The van der Waals surface area contributed by atoms with E-state index in [1.165, 1.54) is 4.90 Å². The second-order valence-electron chi connectivity index (χ2n) is 8.15. The minimum absolute atomic E-state index is 0.0209. The highest BCUT2D eigenvalue weighted by Crippen LogP contribution is 2.34. The zero-order valence-electron chi connectivity index (χ0n) is 18.6. The molecule has 1 saturated heterocycles. The number of benzene rings is 2. The van der Waals surface area contributed by atoms with Gasteiger partial charge in [-0.2, -0.15) is 0 Å². The van der Waals surface area contributed by atoms with Crippen LogP contribution in [-0.2, 0) is 4.79 Å². The Kier molecular flexibility index (Phi) is 6.46. The van der Waals surface area contributed by atoms with Gasteiger partial charge in [-0.15, -0.1) is 10.2 Å². The van der Waals surface area contributed by atoms with Crippen LogP contribution in [0.1, 0.15) is 32.4 Å². The molecule has 3 amide bonds. The third-order valence-corrected chi connectivity index (χ3v) is 6.63. The first-order valence-electron chi connectivity index (χ1n) is 11.0. The molecular weight excluding hydrogens is 496 g/mol. The van der Waals surface area contributed by atoms with Crippen molar-refractivity contribution in [2.24, 2.45) is 5.92 Å². The highest BCUT2D eigenvalue weighted by molar-refractivity contribution is 7.15. The van der Waals surface area contributed by atoms with Crippen molar-refractivity contribution in [3.05, 3.63) is 58.0 Å². The van der Waals surface area contributed by atoms with Crippen LogP contribution in [0.3, 0.4) is 0 Å². The topological polar surface area (TPSA) is 123 Å². The Morgan fingerprint density at radius 3 is 2.33 bits per heavy atom. The normalized spacial score (nSPS) is 15.0. The number of ether oxygens (including phenoxy) is 2. The smallest absolute Gasteiger partial charge is 0.286 e. The summed E-state index contributed by atoms with van der Waals surface area (Å²) in [4.78, 5) is 39.4. The van der Waals surface area contributed by atoms with E-state index in [1.54, 1.807) is 18.2 Å². The molecule has 13 heteroatoms. The van der Waals surface area contributed by atoms with Crippen LogP contribution in [0, 0.1) is 17.6 Å². The summed E-state index contributed by atoms with van der Waals surface area (Å²) in [5.41, 5.74) is 0.519. The number of rotatable bonds is 5. The zero-order valence-corrected chi connectivity index (χ0v) is 19.4. The van der Waals surface area contributed by atoms with Crippen LogP contribution in [0.2, 0.25) is 0 Å². The molecule has 0 unspecified atom stereocenters. The summed E-state index contributed by atoms with van der Waals surface area (Å²) in [7, 11) is 0. The first-order valence-corrected chi connectivity index (χ1v) is 11.8. The first kappa shape index (κ1) is 23.6. The summed E-state index contributed by atoms with van der Waals surface area (Å²) in [5, 5.41) is 13.0. The van der Waals surface area contributed by atoms with Gasteiger partial charge in [-0.1, -0.05) is 11.3 Å². The van der Waals surface area contributed by atoms with Crippen molar-refractivity contribution in [1.29, 1.82) is 0 Å². The number of nitrogens with one attached hydrogen (secondary N) is 2. The Hall–Kier alpha value is -4.13. The number of nitrogens with zero attached hydrogens (tertiary/aromatic N) is 3. The van der Waals surface area contributed by atoms with Gasteiger partial charge in [0.2, 0.25) is 22.7 Å². The summed E-state index contributed by atoms with van der Waals surface area (Å²) in [5.74, 6) is -2.17. The van der Waals surface area contributed by atoms with Crippen LogP contribution >= 0.6 is 11.3 Å². The Morgan fingerprint density at radius 1 is 0.889 bits per heavy atom. The zero-order chi connectivity index (χ0) is 25.2. The first-order chi connectivity index (χ1) is 17.4. The van der Waals surface area contributed by atoms with Crippen molar-refractivity contribution in [3.8, 4) is 11.5 Å². The van der Waals surface area contributed by atoms with E-state index in [0.717, 1.165) is 29.5 Å². The average molecular weight is 515 g/mol. The van der Waals surface area contributed by atoms with Gasteiger partial charge in [0, 0.05) is 42.5 Å². The van der Waals surface area contributed by atoms with E-state index in [2.05, 4.69) is 20.8 Å². The molecule has 2 aliphatic heterocycles. The van der Waals surface area contributed by atoms with E-state index in [1.807, 2.05) is 0 Å². The Bertz CT molecular complexity index is 1320. The maximum atomic E-state index is 13.4.